The maximum absolute atomic E-state index is 12.8. The van der Waals surface area contributed by atoms with Gasteiger partial charge in [-0.05, 0) is 48.6 Å². The molecule has 2 aliphatic rings. The monoisotopic (exact) mass is 382 g/mol. The maximum Gasteiger partial charge on any atom is 0.242 e. The highest BCUT2D eigenvalue weighted by Crippen LogP contribution is 2.35. The Labute approximate surface area is 163 Å². The molecule has 0 bridgehead atoms. The van der Waals surface area contributed by atoms with Crippen molar-refractivity contribution in [1.82, 2.24) is 4.90 Å². The third kappa shape index (κ3) is 3.81. The summed E-state index contributed by atoms with van der Waals surface area (Å²) < 4.78 is 0. The number of rotatable bonds is 3. The lowest BCUT2D eigenvalue weighted by Gasteiger charge is -2.35. The van der Waals surface area contributed by atoms with Crippen molar-refractivity contribution in [3.63, 3.8) is 0 Å². The predicted octanol–water partition coefficient (Wildman–Crippen LogP) is 3.24. The average Bonchev–Trinajstić information content (AvgIpc) is 2.71. The first kappa shape index (κ1) is 17.9. The van der Waals surface area contributed by atoms with E-state index in [0.29, 0.717) is 24.8 Å². The van der Waals surface area contributed by atoms with Crippen molar-refractivity contribution in [2.24, 2.45) is 0 Å². The molecule has 2 aromatic rings. The summed E-state index contributed by atoms with van der Waals surface area (Å²) in [7, 11) is 0. The lowest BCUT2D eigenvalue weighted by atomic mass is 9.89. The molecule has 1 N–H and O–H groups in total. The second kappa shape index (κ2) is 7.64. The van der Waals surface area contributed by atoms with Crippen molar-refractivity contribution in [2.75, 3.05) is 30.3 Å². The van der Waals surface area contributed by atoms with Crippen LogP contribution in [0.1, 0.15) is 24.3 Å². The molecule has 27 heavy (non-hydrogen) atoms. The van der Waals surface area contributed by atoms with E-state index in [2.05, 4.69) is 0 Å². The van der Waals surface area contributed by atoms with Crippen LogP contribution in [0, 0.1) is 0 Å². The first-order valence-electron chi connectivity index (χ1n) is 9.21. The molecule has 0 aromatic heterocycles. The lowest BCUT2D eigenvalue weighted by Crippen LogP contribution is -2.47. The van der Waals surface area contributed by atoms with Gasteiger partial charge in [-0.3, -0.25) is 9.59 Å². The summed E-state index contributed by atoms with van der Waals surface area (Å²) in [5.41, 5.74) is 2.04. The predicted molar refractivity (Wildman–Crippen MR) is 106 cm³/mol. The van der Waals surface area contributed by atoms with Gasteiger partial charge in [-0.15, -0.1) is 11.8 Å². The van der Waals surface area contributed by atoms with Gasteiger partial charge in [0.2, 0.25) is 11.8 Å². The van der Waals surface area contributed by atoms with E-state index in [1.165, 1.54) is 17.3 Å². The number of phenolic OH excluding ortho intramolecular Hbond substituents is 1. The van der Waals surface area contributed by atoms with Crippen molar-refractivity contribution in [3.8, 4) is 5.75 Å². The molecule has 4 rings (SSSR count). The number of carbonyl (C=O) groups is 2. The Balaban J connectivity index is 1.39. The first-order valence-corrected chi connectivity index (χ1v) is 10.2. The standard InChI is InChI=1S/C21H22N2O3S/c24-17-7-5-15(6-8-17)16-9-11-22(12-10-16)20(25)13-23-18-3-1-2-4-19(18)27-14-21(23)26/h1-8,16,24H,9-14H2. The second-order valence-corrected chi connectivity index (χ2v) is 8.00. The van der Waals surface area contributed by atoms with Gasteiger partial charge in [0.15, 0.2) is 0 Å². The molecule has 0 unspecified atom stereocenters. The zero-order valence-corrected chi connectivity index (χ0v) is 15.8. The van der Waals surface area contributed by atoms with Gasteiger partial charge in [0.05, 0.1) is 11.4 Å². The fourth-order valence-electron chi connectivity index (χ4n) is 3.77. The summed E-state index contributed by atoms with van der Waals surface area (Å²) in [6.07, 6.45) is 1.80. The molecular formula is C21H22N2O3S. The van der Waals surface area contributed by atoms with Gasteiger partial charge in [-0.25, -0.2) is 0 Å². The number of amides is 2. The largest absolute Gasteiger partial charge is 0.508 e. The first-order chi connectivity index (χ1) is 13.1. The number of thioether (sulfide) groups is 1. The van der Waals surface area contributed by atoms with Crippen molar-refractivity contribution < 1.29 is 14.7 Å². The molecule has 2 heterocycles. The quantitative estimate of drug-likeness (QED) is 0.885. The van der Waals surface area contributed by atoms with Crippen molar-refractivity contribution in [1.29, 1.82) is 0 Å². The third-order valence-corrected chi connectivity index (χ3v) is 6.36. The van der Waals surface area contributed by atoms with Crippen LogP contribution in [0.2, 0.25) is 0 Å². The van der Waals surface area contributed by atoms with Crippen LogP contribution in [0.5, 0.6) is 5.75 Å². The van der Waals surface area contributed by atoms with E-state index in [-0.39, 0.29) is 24.1 Å². The molecular weight excluding hydrogens is 360 g/mol. The zero-order chi connectivity index (χ0) is 18.8. The lowest BCUT2D eigenvalue weighted by molar-refractivity contribution is -0.132. The minimum absolute atomic E-state index is 0.00831. The molecule has 140 valence electrons. The number of nitrogens with zero attached hydrogens (tertiary/aromatic N) is 2. The smallest absolute Gasteiger partial charge is 0.242 e. The van der Waals surface area contributed by atoms with Crippen molar-refractivity contribution in [2.45, 2.75) is 23.7 Å². The second-order valence-electron chi connectivity index (χ2n) is 6.98. The van der Waals surface area contributed by atoms with Crippen LogP contribution >= 0.6 is 11.8 Å². The molecule has 0 spiro atoms. The number of hydrogen-bond acceptors (Lipinski definition) is 4. The van der Waals surface area contributed by atoms with Crippen LogP contribution in [0.4, 0.5) is 5.69 Å². The highest BCUT2D eigenvalue weighted by molar-refractivity contribution is 8.00. The zero-order valence-electron chi connectivity index (χ0n) is 15.0. The molecule has 2 aromatic carbocycles. The van der Waals surface area contributed by atoms with E-state index in [0.717, 1.165) is 23.4 Å². The number of benzene rings is 2. The molecule has 5 nitrogen and oxygen atoms in total. The van der Waals surface area contributed by atoms with Crippen LogP contribution in [-0.2, 0) is 9.59 Å². The Morgan fingerprint density at radius 1 is 1.07 bits per heavy atom. The Morgan fingerprint density at radius 3 is 2.52 bits per heavy atom. The van der Waals surface area contributed by atoms with E-state index in [4.69, 9.17) is 0 Å². The van der Waals surface area contributed by atoms with Crippen LogP contribution in [-0.4, -0.2) is 47.2 Å². The molecule has 2 aliphatic heterocycles. The normalized spacial score (nSPS) is 17.7. The van der Waals surface area contributed by atoms with E-state index >= 15 is 0 Å². The average molecular weight is 382 g/mol. The van der Waals surface area contributed by atoms with E-state index in [9.17, 15) is 14.7 Å². The number of piperidine rings is 1. The third-order valence-electron chi connectivity index (χ3n) is 5.31. The Morgan fingerprint density at radius 2 is 1.78 bits per heavy atom. The van der Waals surface area contributed by atoms with Gasteiger partial charge >= 0.3 is 0 Å². The van der Waals surface area contributed by atoms with Gasteiger partial charge in [0.25, 0.3) is 0 Å². The molecule has 0 radical (unpaired) electrons. The van der Waals surface area contributed by atoms with Crippen LogP contribution in [0.15, 0.2) is 53.4 Å². The van der Waals surface area contributed by atoms with Gasteiger partial charge in [-0.2, -0.15) is 0 Å². The number of phenols is 1. The molecule has 0 saturated carbocycles. The molecule has 1 fully saturated rings. The highest BCUT2D eigenvalue weighted by atomic mass is 32.2. The van der Waals surface area contributed by atoms with E-state index in [1.54, 1.807) is 17.0 Å². The van der Waals surface area contributed by atoms with Gasteiger partial charge in [0, 0.05) is 18.0 Å². The van der Waals surface area contributed by atoms with Gasteiger partial charge in [-0.1, -0.05) is 24.3 Å². The molecule has 0 aliphatic carbocycles. The number of aromatic hydroxyl groups is 1. The van der Waals surface area contributed by atoms with Crippen LogP contribution in [0.3, 0.4) is 0 Å². The van der Waals surface area contributed by atoms with Crippen LogP contribution in [0.25, 0.3) is 0 Å². The number of fused-ring (bicyclic) bond motifs is 1. The van der Waals surface area contributed by atoms with E-state index in [1.807, 2.05) is 41.3 Å². The number of carbonyl (C=O) groups excluding carboxylic acids is 2. The van der Waals surface area contributed by atoms with Crippen LogP contribution < -0.4 is 4.90 Å². The minimum Gasteiger partial charge on any atom is -0.508 e. The van der Waals surface area contributed by atoms with Crippen molar-refractivity contribution >= 4 is 29.3 Å². The molecule has 0 atom stereocenters. The minimum atomic E-state index is -0.00831. The van der Waals surface area contributed by atoms with Crippen molar-refractivity contribution in [3.05, 3.63) is 54.1 Å². The van der Waals surface area contributed by atoms with Gasteiger partial charge in [0.1, 0.15) is 12.3 Å². The summed E-state index contributed by atoms with van der Waals surface area (Å²) in [5, 5.41) is 9.43. The number of anilines is 1. The summed E-state index contributed by atoms with van der Waals surface area (Å²) in [6, 6.07) is 15.1. The summed E-state index contributed by atoms with van der Waals surface area (Å²) in [4.78, 5) is 29.7. The Hall–Kier alpha value is -2.47. The molecule has 2 amide bonds. The molecule has 1 saturated heterocycles. The SMILES string of the molecule is O=C(CN1C(=O)CSc2ccccc21)N1CCC(c2ccc(O)cc2)CC1. The van der Waals surface area contributed by atoms with E-state index < -0.39 is 0 Å². The Bertz CT molecular complexity index is 845. The summed E-state index contributed by atoms with van der Waals surface area (Å²) >= 11 is 1.53. The summed E-state index contributed by atoms with van der Waals surface area (Å²) in [6.45, 7) is 1.51. The highest BCUT2D eigenvalue weighted by Gasteiger charge is 2.29. The number of likely N-dealkylation sites (tertiary alicyclic amines) is 1. The fourth-order valence-corrected chi connectivity index (χ4v) is 4.71. The maximum atomic E-state index is 12.8. The summed E-state index contributed by atoms with van der Waals surface area (Å²) in [5.74, 6) is 1.06. The Kier molecular flexibility index (Phi) is 5.07. The van der Waals surface area contributed by atoms with Gasteiger partial charge < -0.3 is 14.9 Å². The topological polar surface area (TPSA) is 60.9 Å². The molecule has 6 heteroatoms. The fraction of sp³-hybridized carbons (Fsp3) is 0.333. The number of para-hydroxylation sites is 1. The number of hydrogen-bond donors (Lipinski definition) is 1.